The number of likely N-dealkylation sites (tertiary alicyclic amines) is 1. The fraction of sp³-hybridized carbons (Fsp3) is 0.619. The fourth-order valence-electron chi connectivity index (χ4n) is 3.88. The summed E-state index contributed by atoms with van der Waals surface area (Å²) in [4.78, 5) is 27.4. The Balaban J connectivity index is 1.40. The van der Waals surface area contributed by atoms with Crippen LogP contribution in [0.2, 0.25) is 0 Å². The van der Waals surface area contributed by atoms with Gasteiger partial charge < -0.3 is 24.8 Å². The van der Waals surface area contributed by atoms with E-state index in [9.17, 15) is 14.7 Å². The maximum absolute atomic E-state index is 11.6. The second-order valence-corrected chi connectivity index (χ2v) is 7.77. The average Bonchev–Trinajstić information content (AvgIpc) is 2.72. The average molecular weight is 405 g/mol. The first-order chi connectivity index (χ1) is 14.0. The van der Waals surface area contributed by atoms with E-state index in [-0.39, 0.29) is 24.4 Å². The van der Waals surface area contributed by atoms with E-state index in [2.05, 4.69) is 15.1 Å². The monoisotopic (exact) mass is 405 g/mol. The number of hydrogen-bond donors (Lipinski definition) is 2. The molecule has 1 aromatic carbocycles. The highest BCUT2D eigenvalue weighted by atomic mass is 16.5. The van der Waals surface area contributed by atoms with Gasteiger partial charge in [0.2, 0.25) is 5.91 Å². The van der Waals surface area contributed by atoms with Gasteiger partial charge in [0.15, 0.2) is 0 Å². The van der Waals surface area contributed by atoms with Crippen molar-refractivity contribution in [2.45, 2.75) is 25.5 Å². The predicted molar refractivity (Wildman–Crippen MR) is 107 cm³/mol. The number of rotatable bonds is 8. The van der Waals surface area contributed by atoms with Gasteiger partial charge in [-0.3, -0.25) is 14.5 Å². The molecule has 0 aromatic heterocycles. The van der Waals surface area contributed by atoms with E-state index in [0.29, 0.717) is 31.9 Å². The van der Waals surface area contributed by atoms with Crippen LogP contribution in [0.4, 0.5) is 0 Å². The molecule has 0 aliphatic carbocycles. The molecule has 1 amide bonds. The Hall–Kier alpha value is -2.16. The molecule has 3 rings (SSSR count). The number of ether oxygens (including phenoxy) is 2. The summed E-state index contributed by atoms with van der Waals surface area (Å²) in [7, 11) is 1.42. The number of aliphatic hydroxyl groups excluding tert-OH is 1. The highest BCUT2D eigenvalue weighted by molar-refractivity contribution is 5.78. The molecular weight excluding hydrogens is 374 g/mol. The zero-order valence-electron chi connectivity index (χ0n) is 17.0. The fourth-order valence-corrected chi connectivity index (χ4v) is 3.88. The van der Waals surface area contributed by atoms with Crippen LogP contribution in [0.15, 0.2) is 24.3 Å². The molecule has 0 unspecified atom stereocenters. The van der Waals surface area contributed by atoms with Crippen molar-refractivity contribution in [1.29, 1.82) is 0 Å². The molecule has 1 aromatic rings. The number of benzene rings is 1. The molecule has 2 aliphatic heterocycles. The molecule has 0 bridgehead atoms. The van der Waals surface area contributed by atoms with Gasteiger partial charge in [0.1, 0.15) is 18.5 Å². The Morgan fingerprint density at radius 1 is 1.28 bits per heavy atom. The Morgan fingerprint density at radius 2 is 2.07 bits per heavy atom. The van der Waals surface area contributed by atoms with Crippen molar-refractivity contribution in [1.82, 2.24) is 15.1 Å². The van der Waals surface area contributed by atoms with Gasteiger partial charge in [-0.25, -0.2) is 0 Å². The number of piperidine rings is 1. The highest BCUT2D eigenvalue weighted by Crippen LogP contribution is 2.19. The van der Waals surface area contributed by atoms with Crippen molar-refractivity contribution in [3.63, 3.8) is 0 Å². The molecule has 29 heavy (non-hydrogen) atoms. The van der Waals surface area contributed by atoms with E-state index in [4.69, 9.17) is 9.47 Å². The molecule has 0 spiro atoms. The molecule has 2 heterocycles. The van der Waals surface area contributed by atoms with E-state index in [1.807, 2.05) is 24.3 Å². The number of esters is 1. The van der Waals surface area contributed by atoms with Gasteiger partial charge in [-0.1, -0.05) is 12.1 Å². The van der Waals surface area contributed by atoms with Crippen molar-refractivity contribution in [3.05, 3.63) is 29.8 Å². The van der Waals surface area contributed by atoms with Crippen LogP contribution in [-0.2, 0) is 20.9 Å². The van der Waals surface area contributed by atoms with E-state index in [0.717, 1.165) is 38.0 Å². The Bertz CT molecular complexity index is 691. The van der Waals surface area contributed by atoms with Crippen molar-refractivity contribution < 1.29 is 24.2 Å². The zero-order valence-corrected chi connectivity index (χ0v) is 17.0. The summed E-state index contributed by atoms with van der Waals surface area (Å²) < 4.78 is 10.6. The lowest BCUT2D eigenvalue weighted by molar-refractivity contribution is -0.147. The lowest BCUT2D eigenvalue weighted by Gasteiger charge is -2.31. The number of carbonyl (C=O) groups is 2. The smallest absolute Gasteiger partial charge is 0.308 e. The van der Waals surface area contributed by atoms with Gasteiger partial charge in [-0.05, 0) is 43.6 Å². The molecule has 0 radical (unpaired) electrons. The molecule has 8 heteroatoms. The highest BCUT2D eigenvalue weighted by Gasteiger charge is 2.26. The molecule has 2 aliphatic rings. The third-order valence-corrected chi connectivity index (χ3v) is 5.46. The zero-order chi connectivity index (χ0) is 20.6. The summed E-state index contributed by atoms with van der Waals surface area (Å²) in [6.07, 6.45) is 0.923. The minimum absolute atomic E-state index is 0.0293. The molecule has 2 N–H and O–H groups in total. The van der Waals surface area contributed by atoms with Gasteiger partial charge in [0.05, 0.1) is 19.6 Å². The van der Waals surface area contributed by atoms with Crippen LogP contribution in [0.25, 0.3) is 0 Å². The first-order valence-electron chi connectivity index (χ1n) is 10.2. The number of nitrogens with one attached hydrogen (secondary N) is 1. The minimum atomic E-state index is -0.598. The van der Waals surface area contributed by atoms with Crippen LogP contribution in [0.5, 0.6) is 5.75 Å². The molecule has 0 saturated carbocycles. The number of methoxy groups -OCH3 is 1. The van der Waals surface area contributed by atoms with Crippen molar-refractivity contribution in [2.75, 3.05) is 53.0 Å². The van der Waals surface area contributed by atoms with Gasteiger partial charge >= 0.3 is 5.97 Å². The molecule has 1 atom stereocenters. The second-order valence-electron chi connectivity index (χ2n) is 7.77. The van der Waals surface area contributed by atoms with Gasteiger partial charge in [-0.2, -0.15) is 0 Å². The summed E-state index contributed by atoms with van der Waals surface area (Å²) in [5.41, 5.74) is 1.08. The maximum Gasteiger partial charge on any atom is 0.308 e. The van der Waals surface area contributed by atoms with Crippen LogP contribution in [0.3, 0.4) is 0 Å². The SMILES string of the molecule is COC(=O)C1CCN(C[C@@H](O)COc2cccc(CN3CCNC(=O)C3)c2)CC1. The first-order valence-corrected chi connectivity index (χ1v) is 10.2. The van der Waals surface area contributed by atoms with E-state index < -0.39 is 6.10 Å². The number of amides is 1. The molecule has 2 saturated heterocycles. The van der Waals surface area contributed by atoms with Gasteiger partial charge in [0.25, 0.3) is 0 Å². The summed E-state index contributed by atoms with van der Waals surface area (Å²) in [5, 5.41) is 13.2. The first kappa shape index (κ1) is 21.5. The topological polar surface area (TPSA) is 91.3 Å². The standard InChI is InChI=1S/C21H31N3O5/c1-28-21(27)17-5-8-23(9-6-17)13-18(25)15-29-19-4-2-3-16(11-19)12-24-10-7-22-20(26)14-24/h2-4,11,17-18,25H,5-10,12-15H2,1H3,(H,22,26)/t18-/m1/s1. The number of nitrogens with zero attached hydrogens (tertiary/aromatic N) is 2. The van der Waals surface area contributed by atoms with Crippen LogP contribution >= 0.6 is 0 Å². The lowest BCUT2D eigenvalue weighted by Crippen LogP contribution is -2.47. The van der Waals surface area contributed by atoms with E-state index in [1.54, 1.807) is 0 Å². The normalized spacial score (nSPS) is 20.1. The second kappa shape index (κ2) is 10.6. The predicted octanol–water partition coefficient (Wildman–Crippen LogP) is 0.243. The quantitative estimate of drug-likeness (QED) is 0.599. The van der Waals surface area contributed by atoms with E-state index in [1.165, 1.54) is 7.11 Å². The van der Waals surface area contributed by atoms with Crippen molar-refractivity contribution in [3.8, 4) is 5.75 Å². The third-order valence-electron chi connectivity index (χ3n) is 5.46. The Morgan fingerprint density at radius 3 is 2.79 bits per heavy atom. The molecule has 160 valence electrons. The Labute approximate surface area is 171 Å². The summed E-state index contributed by atoms with van der Waals surface area (Å²) in [6.45, 7) is 4.91. The Kier molecular flexibility index (Phi) is 7.85. The summed E-state index contributed by atoms with van der Waals surface area (Å²) in [5.74, 6) is 0.603. The number of piperazine rings is 1. The molecular formula is C21H31N3O5. The van der Waals surface area contributed by atoms with Crippen LogP contribution in [-0.4, -0.2) is 85.9 Å². The maximum atomic E-state index is 11.6. The summed E-state index contributed by atoms with van der Waals surface area (Å²) in [6, 6.07) is 7.78. The molecule has 8 nitrogen and oxygen atoms in total. The van der Waals surface area contributed by atoms with Crippen LogP contribution in [0.1, 0.15) is 18.4 Å². The molecule has 2 fully saturated rings. The third kappa shape index (κ3) is 6.69. The number of β-amino-alcohol motifs (C(OH)–C–C–N with tert-alkyl or cyclic N) is 1. The number of carbonyl (C=O) groups excluding carboxylic acids is 2. The van der Waals surface area contributed by atoms with E-state index >= 15 is 0 Å². The van der Waals surface area contributed by atoms with Crippen LogP contribution < -0.4 is 10.1 Å². The van der Waals surface area contributed by atoms with Crippen LogP contribution in [0, 0.1) is 5.92 Å². The van der Waals surface area contributed by atoms with Crippen molar-refractivity contribution >= 4 is 11.9 Å². The summed E-state index contributed by atoms with van der Waals surface area (Å²) >= 11 is 0. The minimum Gasteiger partial charge on any atom is -0.491 e. The lowest BCUT2D eigenvalue weighted by atomic mass is 9.97. The van der Waals surface area contributed by atoms with Crippen molar-refractivity contribution in [2.24, 2.45) is 5.92 Å². The van der Waals surface area contributed by atoms with Gasteiger partial charge in [-0.15, -0.1) is 0 Å². The van der Waals surface area contributed by atoms with Gasteiger partial charge in [0, 0.05) is 26.2 Å². The number of hydrogen-bond acceptors (Lipinski definition) is 7. The largest absolute Gasteiger partial charge is 0.491 e. The number of aliphatic hydroxyl groups is 1.